The number of piperidine rings is 3. The molecule has 5 nitrogen and oxygen atoms in total. The second kappa shape index (κ2) is 5.93. The summed E-state index contributed by atoms with van der Waals surface area (Å²) in [6.45, 7) is 3.13. The minimum atomic E-state index is -0.283. The quantitative estimate of drug-likeness (QED) is 0.794. The number of esters is 1. The van der Waals surface area contributed by atoms with Gasteiger partial charge in [-0.15, -0.1) is 0 Å². The van der Waals surface area contributed by atoms with E-state index in [1.807, 2.05) is 0 Å². The second-order valence-corrected chi connectivity index (χ2v) is 5.65. The fourth-order valence-corrected chi connectivity index (χ4v) is 3.21. The van der Waals surface area contributed by atoms with E-state index in [2.05, 4.69) is 4.90 Å². The molecule has 0 unspecified atom stereocenters. The highest BCUT2D eigenvalue weighted by Crippen LogP contribution is 2.31. The predicted molar refractivity (Wildman–Crippen MR) is 77.9 cm³/mol. The largest absolute Gasteiger partial charge is 0.493 e. The molecule has 3 saturated heterocycles. The summed E-state index contributed by atoms with van der Waals surface area (Å²) in [6.07, 6.45) is 2.28. The van der Waals surface area contributed by atoms with E-state index in [0.29, 0.717) is 23.0 Å². The van der Waals surface area contributed by atoms with Gasteiger partial charge in [-0.2, -0.15) is 0 Å². The summed E-state index contributed by atoms with van der Waals surface area (Å²) in [6, 6.07) is 5.11. The van der Waals surface area contributed by atoms with Crippen molar-refractivity contribution in [1.29, 1.82) is 0 Å². The fourth-order valence-electron chi connectivity index (χ4n) is 3.21. The SMILES string of the molecule is COc1ccc(C(=O)O[C@@H]2CN3CCC2CC3)cc1OC. The standard InChI is InChI=1S/C16H21NO4/c1-19-13-4-3-12(9-14(13)20-2)16(18)21-15-10-17-7-5-11(15)6-8-17/h3-4,9,11,15H,5-8,10H2,1-2H3/t15-/m1/s1. The summed E-state index contributed by atoms with van der Waals surface area (Å²) in [4.78, 5) is 14.7. The van der Waals surface area contributed by atoms with E-state index >= 15 is 0 Å². The fraction of sp³-hybridized carbons (Fsp3) is 0.562. The lowest BCUT2D eigenvalue weighted by Gasteiger charge is -2.43. The van der Waals surface area contributed by atoms with Crippen molar-refractivity contribution < 1.29 is 19.0 Å². The Morgan fingerprint density at radius 1 is 1.14 bits per heavy atom. The van der Waals surface area contributed by atoms with Crippen LogP contribution in [-0.4, -0.2) is 50.8 Å². The molecule has 1 aromatic carbocycles. The van der Waals surface area contributed by atoms with Gasteiger partial charge in [0, 0.05) is 6.54 Å². The summed E-state index contributed by atoms with van der Waals surface area (Å²) < 4.78 is 16.1. The first-order valence-electron chi connectivity index (χ1n) is 7.36. The number of hydrogen-bond acceptors (Lipinski definition) is 5. The minimum absolute atomic E-state index is 0.0214. The highest BCUT2D eigenvalue weighted by atomic mass is 16.5. The molecule has 114 valence electrons. The lowest BCUT2D eigenvalue weighted by molar-refractivity contribution is -0.0455. The molecular weight excluding hydrogens is 270 g/mol. The van der Waals surface area contributed by atoms with E-state index in [-0.39, 0.29) is 12.1 Å². The van der Waals surface area contributed by atoms with Gasteiger partial charge in [-0.1, -0.05) is 0 Å². The zero-order valence-electron chi connectivity index (χ0n) is 12.5. The van der Waals surface area contributed by atoms with Crippen molar-refractivity contribution in [1.82, 2.24) is 4.90 Å². The van der Waals surface area contributed by atoms with Gasteiger partial charge in [0.05, 0.1) is 19.8 Å². The molecule has 0 aliphatic carbocycles. The predicted octanol–water partition coefficient (Wildman–Crippen LogP) is 1.95. The average molecular weight is 291 g/mol. The van der Waals surface area contributed by atoms with E-state index in [1.165, 1.54) is 0 Å². The molecule has 0 saturated carbocycles. The van der Waals surface area contributed by atoms with Crippen LogP contribution in [0.1, 0.15) is 23.2 Å². The third-order valence-corrected chi connectivity index (χ3v) is 4.47. The maximum atomic E-state index is 12.3. The zero-order valence-corrected chi connectivity index (χ0v) is 12.5. The van der Waals surface area contributed by atoms with E-state index in [1.54, 1.807) is 32.4 Å². The van der Waals surface area contributed by atoms with E-state index in [4.69, 9.17) is 14.2 Å². The van der Waals surface area contributed by atoms with Gasteiger partial charge in [0.15, 0.2) is 11.5 Å². The summed E-state index contributed by atoms with van der Waals surface area (Å²) in [5, 5.41) is 0. The molecule has 0 aromatic heterocycles. The Hall–Kier alpha value is -1.75. The molecule has 4 rings (SSSR count). The van der Waals surface area contributed by atoms with Gasteiger partial charge < -0.3 is 14.2 Å². The molecular formula is C16H21NO4. The number of hydrogen-bond donors (Lipinski definition) is 0. The maximum absolute atomic E-state index is 12.3. The van der Waals surface area contributed by atoms with E-state index < -0.39 is 0 Å². The molecule has 2 bridgehead atoms. The summed E-state index contributed by atoms with van der Waals surface area (Å²) in [5.41, 5.74) is 0.504. The van der Waals surface area contributed by atoms with Crippen LogP contribution < -0.4 is 9.47 Å². The van der Waals surface area contributed by atoms with Gasteiger partial charge in [0.1, 0.15) is 6.10 Å². The van der Waals surface area contributed by atoms with Crippen LogP contribution in [0, 0.1) is 5.92 Å². The number of methoxy groups -OCH3 is 2. The van der Waals surface area contributed by atoms with Crippen LogP contribution in [-0.2, 0) is 4.74 Å². The summed E-state index contributed by atoms with van der Waals surface area (Å²) >= 11 is 0. The highest BCUT2D eigenvalue weighted by molar-refractivity contribution is 5.90. The number of carbonyl (C=O) groups excluding carboxylic acids is 1. The number of benzene rings is 1. The lowest BCUT2D eigenvalue weighted by Crippen LogP contribution is -2.51. The van der Waals surface area contributed by atoms with Gasteiger partial charge >= 0.3 is 5.97 Å². The molecule has 1 atom stereocenters. The van der Waals surface area contributed by atoms with Crippen molar-refractivity contribution in [2.45, 2.75) is 18.9 Å². The maximum Gasteiger partial charge on any atom is 0.338 e. The number of rotatable bonds is 4. The first kappa shape index (κ1) is 14.2. The highest BCUT2D eigenvalue weighted by Gasteiger charge is 2.36. The van der Waals surface area contributed by atoms with Crippen LogP contribution in [0.25, 0.3) is 0 Å². The molecule has 3 fully saturated rings. The molecule has 21 heavy (non-hydrogen) atoms. The smallest absolute Gasteiger partial charge is 0.338 e. The summed E-state index contributed by atoms with van der Waals surface area (Å²) in [5.74, 6) is 1.38. The van der Waals surface area contributed by atoms with Crippen LogP contribution in [0.2, 0.25) is 0 Å². The van der Waals surface area contributed by atoms with Crippen molar-refractivity contribution in [2.75, 3.05) is 33.9 Å². The van der Waals surface area contributed by atoms with Crippen LogP contribution in [0.5, 0.6) is 11.5 Å². The van der Waals surface area contributed by atoms with Crippen molar-refractivity contribution in [3.05, 3.63) is 23.8 Å². The van der Waals surface area contributed by atoms with Crippen LogP contribution in [0.4, 0.5) is 0 Å². The minimum Gasteiger partial charge on any atom is -0.493 e. The van der Waals surface area contributed by atoms with Gasteiger partial charge in [-0.05, 0) is 50.0 Å². The molecule has 1 aromatic rings. The molecule has 5 heteroatoms. The van der Waals surface area contributed by atoms with Crippen LogP contribution >= 0.6 is 0 Å². The average Bonchev–Trinajstić information content (AvgIpc) is 2.55. The van der Waals surface area contributed by atoms with Crippen LogP contribution in [0.3, 0.4) is 0 Å². The van der Waals surface area contributed by atoms with Gasteiger partial charge in [-0.3, -0.25) is 4.90 Å². The number of fused-ring (bicyclic) bond motifs is 3. The van der Waals surface area contributed by atoms with E-state index in [0.717, 1.165) is 32.5 Å². The van der Waals surface area contributed by atoms with Crippen molar-refractivity contribution >= 4 is 5.97 Å². The Morgan fingerprint density at radius 2 is 1.86 bits per heavy atom. The molecule has 0 N–H and O–H groups in total. The Bertz CT molecular complexity index is 523. The van der Waals surface area contributed by atoms with Crippen molar-refractivity contribution in [3.8, 4) is 11.5 Å². The van der Waals surface area contributed by atoms with E-state index in [9.17, 15) is 4.79 Å². The van der Waals surface area contributed by atoms with Crippen LogP contribution in [0.15, 0.2) is 18.2 Å². The van der Waals surface area contributed by atoms with Crippen molar-refractivity contribution in [2.24, 2.45) is 5.92 Å². The third kappa shape index (κ3) is 2.83. The summed E-state index contributed by atoms with van der Waals surface area (Å²) in [7, 11) is 3.13. The molecule has 3 aliphatic rings. The Labute approximate surface area is 124 Å². The Morgan fingerprint density at radius 3 is 2.43 bits per heavy atom. The Kier molecular flexibility index (Phi) is 4.01. The molecule has 0 radical (unpaired) electrons. The normalized spacial score (nSPS) is 27.2. The molecule has 3 aliphatic heterocycles. The topological polar surface area (TPSA) is 48.0 Å². The van der Waals surface area contributed by atoms with Gasteiger partial charge in [0.25, 0.3) is 0 Å². The lowest BCUT2D eigenvalue weighted by atomic mass is 9.86. The Balaban J connectivity index is 1.70. The molecule has 3 heterocycles. The first-order chi connectivity index (χ1) is 10.2. The number of ether oxygens (including phenoxy) is 3. The van der Waals surface area contributed by atoms with Crippen molar-refractivity contribution in [3.63, 3.8) is 0 Å². The van der Waals surface area contributed by atoms with Gasteiger partial charge in [-0.25, -0.2) is 4.79 Å². The second-order valence-electron chi connectivity index (χ2n) is 5.65. The third-order valence-electron chi connectivity index (χ3n) is 4.47. The zero-order chi connectivity index (χ0) is 14.8. The first-order valence-corrected chi connectivity index (χ1v) is 7.36. The molecule has 0 amide bonds. The van der Waals surface area contributed by atoms with Gasteiger partial charge in [0.2, 0.25) is 0 Å². The monoisotopic (exact) mass is 291 g/mol. The number of carbonyl (C=O) groups is 1. The number of nitrogens with zero attached hydrogens (tertiary/aromatic N) is 1. The molecule has 0 spiro atoms.